The summed E-state index contributed by atoms with van der Waals surface area (Å²) in [6.45, 7) is 4.60. The monoisotopic (exact) mass is 214 g/mol. The van der Waals surface area contributed by atoms with E-state index in [0.717, 1.165) is 0 Å². The van der Waals surface area contributed by atoms with E-state index in [1.807, 2.05) is 13.8 Å². The molecule has 0 saturated carbocycles. The Morgan fingerprint density at radius 2 is 2.20 bits per heavy atom. The average molecular weight is 214 g/mol. The predicted molar refractivity (Wildman–Crippen MR) is 50.9 cm³/mol. The molecule has 0 aromatic carbocycles. The van der Waals surface area contributed by atoms with Crippen LogP contribution in [0.1, 0.15) is 26.7 Å². The van der Waals surface area contributed by atoms with Gasteiger partial charge in [-0.3, -0.25) is 4.90 Å². The Morgan fingerprint density at radius 3 is 2.73 bits per heavy atom. The van der Waals surface area contributed by atoms with Crippen molar-refractivity contribution in [3.8, 4) is 0 Å². The molecule has 0 aromatic rings. The van der Waals surface area contributed by atoms with Crippen LogP contribution in [0, 0.1) is 5.92 Å². The lowest BCUT2D eigenvalue weighted by atomic mass is 10.2. The van der Waals surface area contributed by atoms with Gasteiger partial charge in [-0.2, -0.15) is 0 Å². The van der Waals surface area contributed by atoms with E-state index in [9.17, 15) is 14.7 Å². The van der Waals surface area contributed by atoms with Crippen LogP contribution in [0.25, 0.3) is 0 Å². The van der Waals surface area contributed by atoms with Gasteiger partial charge in [-0.1, -0.05) is 13.8 Å². The quantitative estimate of drug-likeness (QED) is 0.662. The fourth-order valence-electron chi connectivity index (χ4n) is 1.55. The molecule has 5 heteroatoms. The zero-order chi connectivity index (χ0) is 11.4. The molecule has 1 heterocycles. The van der Waals surface area contributed by atoms with Gasteiger partial charge in [-0.15, -0.1) is 0 Å². The first-order valence-electron chi connectivity index (χ1n) is 5.16. The summed E-state index contributed by atoms with van der Waals surface area (Å²) in [7, 11) is 0. The van der Waals surface area contributed by atoms with E-state index >= 15 is 0 Å². The van der Waals surface area contributed by atoms with E-state index in [1.54, 1.807) is 0 Å². The SMILES string of the molecule is CC(C)COC(=O)N1CCC[C@H]1C(=O)[O-]. The third-order valence-electron chi connectivity index (χ3n) is 2.30. The van der Waals surface area contributed by atoms with E-state index in [2.05, 4.69) is 0 Å². The van der Waals surface area contributed by atoms with Gasteiger partial charge in [0, 0.05) is 6.54 Å². The van der Waals surface area contributed by atoms with Crippen molar-refractivity contribution in [2.45, 2.75) is 32.7 Å². The number of hydrogen-bond acceptors (Lipinski definition) is 4. The Kier molecular flexibility index (Phi) is 3.94. The van der Waals surface area contributed by atoms with Gasteiger partial charge in [-0.05, 0) is 18.8 Å². The molecule has 1 saturated heterocycles. The molecule has 1 aliphatic rings. The van der Waals surface area contributed by atoms with Crippen LogP contribution >= 0.6 is 0 Å². The molecule has 1 amide bonds. The molecule has 1 atom stereocenters. The molecule has 0 aromatic heterocycles. The van der Waals surface area contributed by atoms with Crippen molar-refractivity contribution >= 4 is 12.1 Å². The van der Waals surface area contributed by atoms with Crippen LogP contribution < -0.4 is 5.11 Å². The van der Waals surface area contributed by atoms with Gasteiger partial charge in [0.1, 0.15) is 0 Å². The average Bonchev–Trinajstić information content (AvgIpc) is 2.62. The Labute approximate surface area is 89.0 Å². The van der Waals surface area contributed by atoms with Crippen LogP contribution in [0.5, 0.6) is 0 Å². The van der Waals surface area contributed by atoms with Gasteiger partial charge in [0.2, 0.25) is 0 Å². The molecule has 0 aliphatic carbocycles. The number of ether oxygens (including phenoxy) is 1. The number of carboxylic acid groups (broad SMARTS) is 1. The molecule has 1 fully saturated rings. The molecule has 0 unspecified atom stereocenters. The smallest absolute Gasteiger partial charge is 0.410 e. The van der Waals surface area contributed by atoms with Gasteiger partial charge in [0.15, 0.2) is 0 Å². The minimum atomic E-state index is -1.20. The Bertz CT molecular complexity index is 252. The summed E-state index contributed by atoms with van der Waals surface area (Å²) in [4.78, 5) is 23.4. The number of nitrogens with zero attached hydrogens (tertiary/aromatic N) is 1. The first kappa shape index (κ1) is 11.8. The molecule has 1 aliphatic heterocycles. The summed E-state index contributed by atoms with van der Waals surface area (Å²) in [6, 6.07) is -0.815. The number of rotatable bonds is 3. The Balaban J connectivity index is 2.47. The van der Waals surface area contributed by atoms with E-state index < -0.39 is 18.1 Å². The topological polar surface area (TPSA) is 69.7 Å². The molecule has 0 radical (unpaired) electrons. The maximum Gasteiger partial charge on any atom is 0.410 e. The Morgan fingerprint density at radius 1 is 1.53 bits per heavy atom. The molecule has 0 spiro atoms. The highest BCUT2D eigenvalue weighted by molar-refractivity contribution is 5.79. The second-order valence-electron chi connectivity index (χ2n) is 4.14. The molecule has 1 rings (SSSR count). The van der Waals surface area contributed by atoms with E-state index in [0.29, 0.717) is 26.0 Å². The molecule has 5 nitrogen and oxygen atoms in total. The fraction of sp³-hybridized carbons (Fsp3) is 0.800. The molecular weight excluding hydrogens is 198 g/mol. The third-order valence-corrected chi connectivity index (χ3v) is 2.30. The third kappa shape index (κ3) is 3.11. The maximum absolute atomic E-state index is 11.5. The van der Waals surface area contributed by atoms with Gasteiger partial charge in [0.25, 0.3) is 0 Å². The number of aliphatic carboxylic acids is 1. The van der Waals surface area contributed by atoms with E-state index in [1.165, 1.54) is 4.90 Å². The van der Waals surface area contributed by atoms with Gasteiger partial charge < -0.3 is 14.6 Å². The Hall–Kier alpha value is -1.26. The molecular formula is C10H16NO4-. The minimum Gasteiger partial charge on any atom is -0.548 e. The van der Waals surface area contributed by atoms with E-state index in [-0.39, 0.29) is 5.92 Å². The zero-order valence-corrected chi connectivity index (χ0v) is 9.06. The second kappa shape index (κ2) is 5.00. The van der Waals surface area contributed by atoms with Gasteiger partial charge in [0.05, 0.1) is 18.6 Å². The van der Waals surface area contributed by atoms with Crippen LogP contribution in [0.15, 0.2) is 0 Å². The summed E-state index contributed by atoms with van der Waals surface area (Å²) >= 11 is 0. The lowest BCUT2D eigenvalue weighted by Crippen LogP contribution is -2.47. The van der Waals surface area contributed by atoms with Crippen molar-refractivity contribution < 1.29 is 19.4 Å². The highest BCUT2D eigenvalue weighted by Gasteiger charge is 2.30. The molecule has 15 heavy (non-hydrogen) atoms. The van der Waals surface area contributed by atoms with Crippen molar-refractivity contribution in [2.75, 3.05) is 13.2 Å². The first-order valence-corrected chi connectivity index (χ1v) is 5.16. The zero-order valence-electron chi connectivity index (χ0n) is 9.06. The number of likely N-dealkylation sites (tertiary alicyclic amines) is 1. The van der Waals surface area contributed by atoms with Crippen molar-refractivity contribution in [1.82, 2.24) is 4.90 Å². The van der Waals surface area contributed by atoms with Crippen molar-refractivity contribution in [3.63, 3.8) is 0 Å². The number of hydrogen-bond donors (Lipinski definition) is 0. The minimum absolute atomic E-state index is 0.248. The summed E-state index contributed by atoms with van der Waals surface area (Å²) < 4.78 is 4.96. The van der Waals surface area contributed by atoms with Crippen molar-refractivity contribution in [3.05, 3.63) is 0 Å². The van der Waals surface area contributed by atoms with E-state index in [4.69, 9.17) is 4.74 Å². The summed E-state index contributed by atoms with van der Waals surface area (Å²) in [6.07, 6.45) is 0.601. The summed E-state index contributed by atoms with van der Waals surface area (Å²) in [5, 5.41) is 10.7. The van der Waals surface area contributed by atoms with Crippen molar-refractivity contribution in [1.29, 1.82) is 0 Å². The van der Waals surface area contributed by atoms with Gasteiger partial charge >= 0.3 is 6.09 Å². The predicted octanol–water partition coefficient (Wildman–Crippen LogP) is -0.00670. The number of carboxylic acids is 1. The van der Waals surface area contributed by atoms with Crippen molar-refractivity contribution in [2.24, 2.45) is 5.92 Å². The summed E-state index contributed by atoms with van der Waals surface area (Å²) in [5.74, 6) is -0.952. The standard InChI is InChI=1S/C10H17NO4/c1-7(2)6-15-10(14)11-5-3-4-8(11)9(12)13/h7-8H,3-6H2,1-2H3,(H,12,13)/p-1/t8-/m0/s1. The lowest BCUT2D eigenvalue weighted by molar-refractivity contribution is -0.310. The van der Waals surface area contributed by atoms with Gasteiger partial charge in [-0.25, -0.2) is 4.79 Å². The number of carbonyl (C=O) groups excluding carboxylic acids is 2. The molecule has 86 valence electrons. The highest BCUT2D eigenvalue weighted by Crippen LogP contribution is 2.17. The number of amides is 1. The fourth-order valence-corrected chi connectivity index (χ4v) is 1.55. The molecule has 0 N–H and O–H groups in total. The van der Waals surface area contributed by atoms with Crippen LogP contribution in [0.2, 0.25) is 0 Å². The summed E-state index contributed by atoms with van der Waals surface area (Å²) in [5.41, 5.74) is 0. The van der Waals surface area contributed by atoms with Crippen LogP contribution in [0.3, 0.4) is 0 Å². The van der Waals surface area contributed by atoms with Crippen LogP contribution in [-0.4, -0.2) is 36.2 Å². The largest absolute Gasteiger partial charge is 0.548 e. The maximum atomic E-state index is 11.5. The second-order valence-corrected chi connectivity index (χ2v) is 4.14. The first-order chi connectivity index (χ1) is 7.02. The normalized spacial score (nSPS) is 20.7. The number of carbonyl (C=O) groups is 2. The van der Waals surface area contributed by atoms with Crippen LogP contribution in [0.4, 0.5) is 4.79 Å². The molecule has 0 bridgehead atoms. The van der Waals surface area contributed by atoms with Crippen LogP contribution in [-0.2, 0) is 9.53 Å². The lowest BCUT2D eigenvalue weighted by Gasteiger charge is -2.24. The highest BCUT2D eigenvalue weighted by atomic mass is 16.6.